The molecule has 0 saturated carbocycles. The summed E-state index contributed by atoms with van der Waals surface area (Å²) < 4.78 is 11.7. The van der Waals surface area contributed by atoms with Crippen LogP contribution < -0.4 is 15.2 Å². The molecule has 0 aromatic heterocycles. The van der Waals surface area contributed by atoms with E-state index in [0.29, 0.717) is 12.2 Å². The van der Waals surface area contributed by atoms with Gasteiger partial charge in [-0.05, 0) is 49.2 Å². The lowest BCUT2D eigenvalue weighted by Crippen LogP contribution is -2.49. The minimum Gasteiger partial charge on any atom is -0.496 e. The van der Waals surface area contributed by atoms with Crippen LogP contribution in [0.2, 0.25) is 0 Å². The number of nitrogens with zero attached hydrogens (tertiary/aromatic N) is 2. The van der Waals surface area contributed by atoms with E-state index in [0.717, 1.165) is 28.0 Å². The highest BCUT2D eigenvalue weighted by atomic mass is 16.5. The second kappa shape index (κ2) is 6.37. The zero-order valence-corrected chi connectivity index (χ0v) is 17.2. The molecule has 1 spiro atoms. The van der Waals surface area contributed by atoms with Crippen LogP contribution >= 0.6 is 0 Å². The largest absolute Gasteiger partial charge is 0.496 e. The summed E-state index contributed by atoms with van der Waals surface area (Å²) in [5, 5.41) is 0. The molecule has 0 radical (unpaired) electrons. The van der Waals surface area contributed by atoms with Gasteiger partial charge >= 0.3 is 0 Å². The lowest BCUT2D eigenvalue weighted by molar-refractivity contribution is -0.133. The molecule has 1 atom stereocenters. The topological polar surface area (TPSA) is 77.2 Å². The van der Waals surface area contributed by atoms with Crippen LogP contribution in [0.25, 0.3) is 17.2 Å². The third-order valence-corrected chi connectivity index (χ3v) is 5.57. The maximum absolute atomic E-state index is 13.3. The van der Waals surface area contributed by atoms with Crippen molar-refractivity contribution < 1.29 is 14.3 Å². The van der Waals surface area contributed by atoms with Crippen molar-refractivity contribution in [3.8, 4) is 22.6 Å². The lowest BCUT2D eigenvalue weighted by Gasteiger charge is -2.41. The number of hydrogen-bond acceptors (Lipinski definition) is 5. The molecule has 29 heavy (non-hydrogen) atoms. The Balaban J connectivity index is 1.95. The number of carbonyl (C=O) groups is 1. The summed E-state index contributed by atoms with van der Waals surface area (Å²) in [6.07, 6.45) is 2.19. The molecule has 6 nitrogen and oxygen atoms in total. The van der Waals surface area contributed by atoms with Gasteiger partial charge in [0.25, 0.3) is 5.91 Å². The van der Waals surface area contributed by atoms with E-state index in [-0.39, 0.29) is 11.9 Å². The molecule has 150 valence electrons. The van der Waals surface area contributed by atoms with Gasteiger partial charge in [-0.2, -0.15) is 0 Å². The number of fused-ring (bicyclic) bond motifs is 2. The van der Waals surface area contributed by atoms with Crippen molar-refractivity contribution >= 4 is 17.9 Å². The fourth-order valence-corrected chi connectivity index (χ4v) is 4.22. The highest BCUT2D eigenvalue weighted by Crippen LogP contribution is 2.50. The highest BCUT2D eigenvalue weighted by Gasteiger charge is 2.55. The van der Waals surface area contributed by atoms with Crippen LogP contribution in [0, 0.1) is 0 Å². The fourth-order valence-electron chi connectivity index (χ4n) is 4.22. The molecule has 2 aromatic rings. The summed E-state index contributed by atoms with van der Waals surface area (Å²) >= 11 is 0. The van der Waals surface area contributed by atoms with Gasteiger partial charge in [0.15, 0.2) is 11.5 Å². The smallest absolute Gasteiger partial charge is 0.261 e. The standard InChI is InChI=1S/C23H25N3O3/c1-6-14-7-9-18(28-5)16(11-14)15-8-10-19-17(12-15)23(13-22(2,3)29-19)20(27)26(4)21(24)25-23/h6-12H,1,13H2,2-5H3,(H2,24,25). The zero-order chi connectivity index (χ0) is 21.0. The van der Waals surface area contributed by atoms with Crippen molar-refractivity contribution in [3.63, 3.8) is 0 Å². The van der Waals surface area contributed by atoms with Crippen LogP contribution in [0.15, 0.2) is 48.0 Å². The van der Waals surface area contributed by atoms with Crippen LogP contribution in [0.1, 0.15) is 31.4 Å². The van der Waals surface area contributed by atoms with Crippen LogP contribution in [-0.4, -0.2) is 36.5 Å². The Labute approximate surface area is 170 Å². The summed E-state index contributed by atoms with van der Waals surface area (Å²) in [6.45, 7) is 7.76. The molecule has 0 aliphatic carbocycles. The Morgan fingerprint density at radius 2 is 2.03 bits per heavy atom. The summed E-state index contributed by atoms with van der Waals surface area (Å²) in [4.78, 5) is 19.3. The van der Waals surface area contributed by atoms with Crippen molar-refractivity contribution in [1.82, 2.24) is 4.90 Å². The number of nitrogens with two attached hydrogens (primary N) is 1. The molecular weight excluding hydrogens is 366 g/mol. The monoisotopic (exact) mass is 391 g/mol. The van der Waals surface area contributed by atoms with E-state index in [9.17, 15) is 4.79 Å². The second-order valence-electron chi connectivity index (χ2n) is 8.11. The summed E-state index contributed by atoms with van der Waals surface area (Å²) in [6, 6.07) is 11.7. The molecule has 1 unspecified atom stereocenters. The van der Waals surface area contributed by atoms with Crippen molar-refractivity contribution in [2.24, 2.45) is 10.7 Å². The Morgan fingerprint density at radius 3 is 2.66 bits per heavy atom. The summed E-state index contributed by atoms with van der Waals surface area (Å²) in [7, 11) is 3.29. The Morgan fingerprint density at radius 1 is 1.28 bits per heavy atom. The number of rotatable bonds is 3. The van der Waals surface area contributed by atoms with Crippen LogP contribution in [0.4, 0.5) is 0 Å². The lowest BCUT2D eigenvalue weighted by atomic mass is 9.77. The second-order valence-corrected chi connectivity index (χ2v) is 8.11. The van der Waals surface area contributed by atoms with Gasteiger partial charge < -0.3 is 15.2 Å². The SMILES string of the molecule is C=Cc1ccc(OC)c(-c2ccc3c(c2)C2(CC(C)(C)O3)N=C(N)N(C)C2=O)c1. The number of methoxy groups -OCH3 is 1. The Hall–Kier alpha value is -3.28. The Bertz CT molecular complexity index is 1060. The highest BCUT2D eigenvalue weighted by molar-refractivity contribution is 6.07. The quantitative estimate of drug-likeness (QED) is 0.868. The molecule has 6 heteroatoms. The first-order chi connectivity index (χ1) is 13.7. The normalized spacial score (nSPS) is 22.1. The number of likely N-dealkylation sites (N-methyl/N-ethyl adjacent to an activating group) is 1. The van der Waals surface area contributed by atoms with Crippen molar-refractivity contribution in [1.29, 1.82) is 0 Å². The van der Waals surface area contributed by atoms with E-state index in [4.69, 9.17) is 15.2 Å². The molecule has 0 saturated heterocycles. The number of guanidine groups is 1. The van der Waals surface area contributed by atoms with Gasteiger partial charge in [-0.15, -0.1) is 0 Å². The predicted octanol–water partition coefficient (Wildman–Crippen LogP) is 3.55. The zero-order valence-electron chi connectivity index (χ0n) is 17.2. The first-order valence-corrected chi connectivity index (χ1v) is 9.49. The first kappa shape index (κ1) is 19.1. The number of benzene rings is 2. The van der Waals surface area contributed by atoms with E-state index in [1.54, 1.807) is 20.2 Å². The van der Waals surface area contributed by atoms with Gasteiger partial charge in [-0.1, -0.05) is 24.8 Å². The number of amides is 1. The third-order valence-electron chi connectivity index (χ3n) is 5.57. The maximum Gasteiger partial charge on any atom is 0.261 e. The maximum atomic E-state index is 13.3. The van der Waals surface area contributed by atoms with E-state index >= 15 is 0 Å². The molecule has 4 rings (SSSR count). The van der Waals surface area contributed by atoms with Gasteiger partial charge in [0.1, 0.15) is 17.1 Å². The molecule has 2 aliphatic heterocycles. The molecule has 1 amide bonds. The molecule has 0 fully saturated rings. The van der Waals surface area contributed by atoms with Gasteiger partial charge in [0.05, 0.1) is 7.11 Å². The average Bonchev–Trinajstić information content (AvgIpc) is 2.90. The number of ether oxygens (including phenoxy) is 2. The number of hydrogen-bond donors (Lipinski definition) is 1. The van der Waals surface area contributed by atoms with E-state index in [1.165, 1.54) is 4.90 Å². The third kappa shape index (κ3) is 2.87. The van der Waals surface area contributed by atoms with E-state index in [1.807, 2.05) is 50.2 Å². The molecule has 0 bridgehead atoms. The van der Waals surface area contributed by atoms with E-state index < -0.39 is 11.1 Å². The predicted molar refractivity (Wildman–Crippen MR) is 114 cm³/mol. The minimum atomic E-state index is -1.09. The molecule has 2 N–H and O–H groups in total. The number of carbonyl (C=O) groups excluding carboxylic acids is 1. The summed E-state index contributed by atoms with van der Waals surface area (Å²) in [5.74, 6) is 1.45. The number of aliphatic imine (C=N–C) groups is 1. The van der Waals surface area contributed by atoms with Crippen LogP contribution in [0.3, 0.4) is 0 Å². The van der Waals surface area contributed by atoms with Gasteiger partial charge in [-0.25, -0.2) is 4.99 Å². The molecule has 2 aromatic carbocycles. The van der Waals surface area contributed by atoms with Crippen molar-refractivity contribution in [2.75, 3.05) is 14.2 Å². The first-order valence-electron chi connectivity index (χ1n) is 9.49. The molecule has 2 aliphatic rings. The van der Waals surface area contributed by atoms with Crippen molar-refractivity contribution in [3.05, 3.63) is 54.1 Å². The van der Waals surface area contributed by atoms with Gasteiger partial charge in [0.2, 0.25) is 0 Å². The fraction of sp³-hybridized carbons (Fsp3) is 0.304. The molecule has 2 heterocycles. The summed E-state index contributed by atoms with van der Waals surface area (Å²) in [5.41, 5.74) is 7.90. The minimum absolute atomic E-state index is 0.142. The van der Waals surface area contributed by atoms with Crippen molar-refractivity contribution in [2.45, 2.75) is 31.4 Å². The van der Waals surface area contributed by atoms with Gasteiger partial charge in [-0.3, -0.25) is 9.69 Å². The van der Waals surface area contributed by atoms with Crippen LogP contribution in [-0.2, 0) is 10.3 Å². The average molecular weight is 391 g/mol. The van der Waals surface area contributed by atoms with Gasteiger partial charge in [0, 0.05) is 24.6 Å². The van der Waals surface area contributed by atoms with E-state index in [2.05, 4.69) is 11.6 Å². The Kier molecular flexibility index (Phi) is 4.19. The van der Waals surface area contributed by atoms with Crippen LogP contribution in [0.5, 0.6) is 11.5 Å². The molecular formula is C23H25N3O3.